The van der Waals surface area contributed by atoms with Crippen LogP contribution in [-0.4, -0.2) is 8.80 Å². The molecule has 4 heterocycles. The number of rotatable bonds is 8. The Morgan fingerprint density at radius 1 is 0.229 bits per heavy atom. The predicted molar refractivity (Wildman–Crippen MR) is 296 cm³/mol. The Hall–Kier alpha value is -9.38. The van der Waals surface area contributed by atoms with Gasteiger partial charge < -0.3 is 18.6 Å². The molecule has 0 saturated heterocycles. The van der Waals surface area contributed by atoms with Crippen molar-refractivity contribution in [3.05, 3.63) is 255 Å². The van der Waals surface area contributed by atoms with Crippen molar-refractivity contribution in [2.75, 3.05) is 9.80 Å². The van der Waals surface area contributed by atoms with Crippen molar-refractivity contribution in [1.29, 1.82) is 0 Å². The van der Waals surface area contributed by atoms with E-state index >= 15 is 0 Å². The SMILES string of the molecule is c1ccc(-c2ccc3c(c2)c2c(N(c4ccccc4)c4ccccc4)ccc4c5c6c7ccc(N(c8ccccc8)c8ccccc8)c8c9cc(-c%10ccccc%10)ccc9n(c6ccc5n3c42)c78)cc1. The van der Waals surface area contributed by atoms with Crippen LogP contribution >= 0.6 is 0 Å². The fourth-order valence-corrected chi connectivity index (χ4v) is 11.8. The molecule has 0 aliphatic heterocycles. The van der Waals surface area contributed by atoms with E-state index in [0.717, 1.165) is 34.1 Å². The molecule has 0 aliphatic carbocycles. The van der Waals surface area contributed by atoms with Gasteiger partial charge >= 0.3 is 0 Å². The second kappa shape index (κ2) is 15.1. The molecule has 0 bridgehead atoms. The van der Waals surface area contributed by atoms with Gasteiger partial charge in [-0.25, -0.2) is 0 Å². The molecule has 0 atom stereocenters. The Morgan fingerprint density at radius 2 is 0.543 bits per heavy atom. The van der Waals surface area contributed by atoms with Gasteiger partial charge in [-0.05, 0) is 119 Å². The zero-order chi connectivity index (χ0) is 45.9. The molecule has 15 aromatic rings. The van der Waals surface area contributed by atoms with Gasteiger partial charge in [-0.3, -0.25) is 0 Å². The molecule has 4 aromatic heterocycles. The minimum atomic E-state index is 1.12. The number of fused-ring (bicyclic) bond motifs is 13. The standard InChI is InChI=1S/C66H42N4/c1-7-19-43(20-8-1)45-31-35-55-53(41-45)63-59(67(47-23-11-3-12-24-47)48-25-13-4-14-26-48)37-33-51-61-57(69(55)65(51)63)39-40-58-62(61)52-34-38-60(68(49-27-15-5-16-28-49)50-29-17-6-18-30-50)64-54-42-46(44-21-9-2-10-22-44)32-36-56(54)70(58)66(52)64/h1-42H. The number of benzene rings is 11. The van der Waals surface area contributed by atoms with Gasteiger partial charge in [0.05, 0.1) is 44.5 Å². The van der Waals surface area contributed by atoms with E-state index in [1.165, 1.54) is 98.4 Å². The highest BCUT2D eigenvalue weighted by Crippen LogP contribution is 2.53. The summed E-state index contributed by atoms with van der Waals surface area (Å²) in [5, 5.41) is 9.99. The molecule has 0 aliphatic rings. The van der Waals surface area contributed by atoms with Crippen molar-refractivity contribution >= 4 is 110 Å². The lowest BCUT2D eigenvalue weighted by molar-refractivity contribution is 1.30. The highest BCUT2D eigenvalue weighted by atomic mass is 15.2. The molecule has 326 valence electrons. The minimum Gasteiger partial charge on any atom is -0.310 e. The number of para-hydroxylation sites is 4. The van der Waals surface area contributed by atoms with Crippen molar-refractivity contribution in [3.8, 4) is 22.3 Å². The average Bonchev–Trinajstić information content (AvgIpc) is 4.18. The normalized spacial score (nSPS) is 12.0. The smallest absolute Gasteiger partial charge is 0.0641 e. The van der Waals surface area contributed by atoms with E-state index in [1.54, 1.807) is 0 Å². The predicted octanol–water partition coefficient (Wildman–Crippen LogP) is 18.3. The Kier molecular flexibility index (Phi) is 8.33. The quantitative estimate of drug-likeness (QED) is 0.151. The maximum Gasteiger partial charge on any atom is 0.0641 e. The third kappa shape index (κ3) is 5.53. The van der Waals surface area contributed by atoms with Crippen molar-refractivity contribution < 1.29 is 0 Å². The van der Waals surface area contributed by atoms with E-state index in [9.17, 15) is 0 Å². The van der Waals surface area contributed by atoms with Crippen LogP contribution in [0.3, 0.4) is 0 Å². The third-order valence-corrected chi connectivity index (χ3v) is 14.7. The number of hydrogen-bond donors (Lipinski definition) is 0. The zero-order valence-electron chi connectivity index (χ0n) is 38.0. The van der Waals surface area contributed by atoms with Crippen LogP contribution in [-0.2, 0) is 0 Å². The largest absolute Gasteiger partial charge is 0.310 e. The van der Waals surface area contributed by atoms with Crippen LogP contribution in [0.1, 0.15) is 0 Å². The van der Waals surface area contributed by atoms with E-state index in [1.807, 2.05) is 0 Å². The van der Waals surface area contributed by atoms with Crippen LogP contribution in [0.4, 0.5) is 34.1 Å². The summed E-state index contributed by atoms with van der Waals surface area (Å²) >= 11 is 0. The van der Waals surface area contributed by atoms with Crippen LogP contribution in [0.25, 0.3) is 98.4 Å². The third-order valence-electron chi connectivity index (χ3n) is 14.7. The van der Waals surface area contributed by atoms with Crippen LogP contribution in [0.2, 0.25) is 0 Å². The monoisotopic (exact) mass is 890 g/mol. The summed E-state index contributed by atoms with van der Waals surface area (Å²) < 4.78 is 5.11. The number of aromatic nitrogens is 2. The molecular weight excluding hydrogens is 849 g/mol. The van der Waals surface area contributed by atoms with Crippen LogP contribution < -0.4 is 9.80 Å². The average molecular weight is 891 g/mol. The molecule has 11 aromatic carbocycles. The molecular formula is C66H42N4. The highest BCUT2D eigenvalue weighted by Gasteiger charge is 2.29. The van der Waals surface area contributed by atoms with Gasteiger partial charge in [0.2, 0.25) is 0 Å². The molecule has 0 N–H and O–H groups in total. The second-order valence-electron chi connectivity index (χ2n) is 18.4. The number of nitrogens with zero attached hydrogens (tertiary/aromatic N) is 4. The van der Waals surface area contributed by atoms with E-state index in [-0.39, 0.29) is 0 Å². The van der Waals surface area contributed by atoms with Crippen molar-refractivity contribution in [2.45, 2.75) is 0 Å². The van der Waals surface area contributed by atoms with Gasteiger partial charge in [-0.15, -0.1) is 0 Å². The van der Waals surface area contributed by atoms with E-state index in [2.05, 4.69) is 273 Å². The van der Waals surface area contributed by atoms with E-state index < -0.39 is 0 Å². The Labute approximate surface area is 404 Å². The van der Waals surface area contributed by atoms with Crippen molar-refractivity contribution in [3.63, 3.8) is 0 Å². The summed E-state index contributed by atoms with van der Waals surface area (Å²) in [5.74, 6) is 0. The molecule has 0 unspecified atom stereocenters. The first-order valence-electron chi connectivity index (χ1n) is 24.1. The van der Waals surface area contributed by atoms with Gasteiger partial charge in [0.15, 0.2) is 0 Å². The molecule has 4 heteroatoms. The summed E-state index contributed by atoms with van der Waals surface area (Å²) in [4.78, 5) is 4.86. The summed E-state index contributed by atoms with van der Waals surface area (Å²) in [5.41, 5.74) is 18.8. The Morgan fingerprint density at radius 3 is 0.886 bits per heavy atom. The summed E-state index contributed by atoms with van der Waals surface area (Å²) in [6.07, 6.45) is 0. The van der Waals surface area contributed by atoms with Gasteiger partial charge in [-0.2, -0.15) is 0 Å². The molecule has 4 nitrogen and oxygen atoms in total. The Balaban J connectivity index is 1.08. The minimum absolute atomic E-state index is 1.12. The summed E-state index contributed by atoms with van der Waals surface area (Å²) in [6.45, 7) is 0. The molecule has 0 fully saturated rings. The zero-order valence-corrected chi connectivity index (χ0v) is 38.0. The lowest BCUT2D eigenvalue weighted by atomic mass is 9.98. The molecule has 0 saturated carbocycles. The highest BCUT2D eigenvalue weighted by molar-refractivity contribution is 6.38. The fraction of sp³-hybridized carbons (Fsp3) is 0. The number of hydrogen-bond acceptors (Lipinski definition) is 2. The molecule has 70 heavy (non-hydrogen) atoms. The molecule has 0 amide bonds. The van der Waals surface area contributed by atoms with Crippen LogP contribution in [0.5, 0.6) is 0 Å². The van der Waals surface area contributed by atoms with E-state index in [0.29, 0.717) is 0 Å². The van der Waals surface area contributed by atoms with Gasteiger partial charge in [0, 0.05) is 65.8 Å². The Bertz CT molecular complexity index is 4060. The second-order valence-corrected chi connectivity index (χ2v) is 18.4. The molecule has 0 radical (unpaired) electrons. The summed E-state index contributed by atoms with van der Waals surface area (Å²) in [6, 6.07) is 93.2. The first-order chi connectivity index (χ1) is 34.8. The van der Waals surface area contributed by atoms with Gasteiger partial charge in [-0.1, -0.05) is 158 Å². The fourth-order valence-electron chi connectivity index (χ4n) is 11.8. The maximum absolute atomic E-state index is 2.55. The van der Waals surface area contributed by atoms with Gasteiger partial charge in [0.25, 0.3) is 0 Å². The summed E-state index contributed by atoms with van der Waals surface area (Å²) in [7, 11) is 0. The lowest BCUT2D eigenvalue weighted by Gasteiger charge is -2.26. The van der Waals surface area contributed by atoms with Gasteiger partial charge in [0.1, 0.15) is 0 Å². The maximum atomic E-state index is 2.55. The first-order valence-corrected chi connectivity index (χ1v) is 24.1. The number of anilines is 6. The molecule has 0 spiro atoms. The first kappa shape index (κ1) is 38.7. The topological polar surface area (TPSA) is 15.3 Å². The van der Waals surface area contributed by atoms with E-state index in [4.69, 9.17) is 0 Å². The van der Waals surface area contributed by atoms with Crippen molar-refractivity contribution in [1.82, 2.24) is 8.80 Å². The van der Waals surface area contributed by atoms with Crippen molar-refractivity contribution in [2.24, 2.45) is 0 Å². The van der Waals surface area contributed by atoms with Crippen LogP contribution in [0, 0.1) is 0 Å². The van der Waals surface area contributed by atoms with Crippen LogP contribution in [0.15, 0.2) is 255 Å². The lowest BCUT2D eigenvalue weighted by Crippen LogP contribution is -2.10. The molecule has 15 rings (SSSR count).